The van der Waals surface area contributed by atoms with E-state index in [4.69, 9.17) is 27.9 Å². The number of carbonyl (C=O) groups excluding carboxylic acids is 1. The zero-order valence-corrected chi connectivity index (χ0v) is 16.2. The largest absolute Gasteiger partial charge is 0.492 e. The molecule has 1 heterocycles. The Morgan fingerprint density at radius 2 is 2.08 bits per heavy atom. The fraction of sp³-hybridized carbons (Fsp3) is 0.111. The molecule has 0 unspecified atom stereocenters. The zero-order chi connectivity index (χ0) is 18.0. The molecule has 3 aromatic rings. The Labute approximate surface area is 163 Å². The lowest BCUT2D eigenvalue weighted by Gasteiger charge is -2.13. The van der Waals surface area contributed by atoms with Crippen LogP contribution >= 0.6 is 39.1 Å². The maximum Gasteiger partial charge on any atom is 0.257 e. The number of ether oxygens (including phenoxy) is 1. The van der Waals surface area contributed by atoms with Crippen LogP contribution in [0, 0.1) is 0 Å². The Balaban J connectivity index is 1.99. The van der Waals surface area contributed by atoms with Crippen LogP contribution in [0.15, 0.2) is 47.1 Å². The topological polar surface area (TPSA) is 51.2 Å². The Morgan fingerprint density at radius 1 is 1.28 bits per heavy atom. The van der Waals surface area contributed by atoms with Crippen molar-refractivity contribution in [1.29, 1.82) is 0 Å². The summed E-state index contributed by atoms with van der Waals surface area (Å²) >= 11 is 15.3. The number of halogens is 3. The molecule has 25 heavy (non-hydrogen) atoms. The molecule has 0 atom stereocenters. The molecule has 0 radical (unpaired) electrons. The van der Waals surface area contributed by atoms with Crippen LogP contribution in [0.4, 0.5) is 5.69 Å². The monoisotopic (exact) mass is 438 g/mol. The number of nitrogens with zero attached hydrogens (tertiary/aromatic N) is 1. The van der Waals surface area contributed by atoms with Crippen molar-refractivity contribution in [2.75, 3.05) is 12.4 Å². The van der Waals surface area contributed by atoms with Crippen LogP contribution < -0.4 is 10.1 Å². The molecule has 4 nitrogen and oxygen atoms in total. The van der Waals surface area contributed by atoms with Crippen LogP contribution in [-0.2, 0) is 5.88 Å². The van der Waals surface area contributed by atoms with Gasteiger partial charge in [0, 0.05) is 21.9 Å². The number of aromatic nitrogens is 1. The molecule has 0 aliphatic carbocycles. The highest BCUT2D eigenvalue weighted by Gasteiger charge is 2.16. The molecule has 0 aliphatic heterocycles. The number of nitrogens with one attached hydrogen (secondary N) is 1. The number of hydrogen-bond donors (Lipinski definition) is 1. The molecule has 0 fully saturated rings. The molecule has 1 N–H and O–H groups in total. The van der Waals surface area contributed by atoms with Gasteiger partial charge in [0.05, 0.1) is 23.4 Å². The molecule has 0 bridgehead atoms. The fourth-order valence-electron chi connectivity index (χ4n) is 2.46. The predicted molar refractivity (Wildman–Crippen MR) is 105 cm³/mol. The van der Waals surface area contributed by atoms with E-state index in [1.54, 1.807) is 30.5 Å². The van der Waals surface area contributed by atoms with Gasteiger partial charge in [-0.25, -0.2) is 0 Å². The maximum absolute atomic E-state index is 12.5. The van der Waals surface area contributed by atoms with Crippen molar-refractivity contribution in [2.45, 2.75) is 5.88 Å². The van der Waals surface area contributed by atoms with Gasteiger partial charge in [0.2, 0.25) is 0 Å². The van der Waals surface area contributed by atoms with Crippen LogP contribution in [-0.4, -0.2) is 18.0 Å². The van der Waals surface area contributed by atoms with Crippen molar-refractivity contribution < 1.29 is 9.53 Å². The normalized spacial score (nSPS) is 10.7. The first kappa shape index (κ1) is 18.0. The van der Waals surface area contributed by atoms with E-state index in [0.29, 0.717) is 33.4 Å². The highest BCUT2D eigenvalue weighted by atomic mass is 79.9. The summed E-state index contributed by atoms with van der Waals surface area (Å²) in [7, 11) is 1.54. The van der Waals surface area contributed by atoms with Crippen molar-refractivity contribution >= 4 is 61.6 Å². The van der Waals surface area contributed by atoms with E-state index < -0.39 is 0 Å². The number of amides is 1. The highest BCUT2D eigenvalue weighted by molar-refractivity contribution is 9.10. The van der Waals surface area contributed by atoms with Crippen molar-refractivity contribution in [3.05, 3.63) is 63.2 Å². The number of benzene rings is 2. The Kier molecular flexibility index (Phi) is 5.47. The highest BCUT2D eigenvalue weighted by Crippen LogP contribution is 2.33. The van der Waals surface area contributed by atoms with E-state index in [9.17, 15) is 4.79 Å². The zero-order valence-electron chi connectivity index (χ0n) is 13.1. The smallest absolute Gasteiger partial charge is 0.257 e. The average Bonchev–Trinajstić information content (AvgIpc) is 2.60. The number of rotatable bonds is 4. The number of pyridine rings is 1. The lowest BCUT2D eigenvalue weighted by Crippen LogP contribution is -2.13. The third-order valence-corrected chi connectivity index (χ3v) is 4.76. The molecule has 0 saturated heterocycles. The SMILES string of the molecule is COc1c(NC(=O)c2ccc(Br)cc2Cl)ccc2cc(CCl)cnc12. The Morgan fingerprint density at radius 3 is 2.76 bits per heavy atom. The number of methoxy groups -OCH3 is 1. The van der Waals surface area contributed by atoms with E-state index in [2.05, 4.69) is 26.2 Å². The quantitative estimate of drug-likeness (QED) is 0.534. The van der Waals surface area contributed by atoms with Gasteiger partial charge < -0.3 is 10.1 Å². The average molecular weight is 440 g/mol. The summed E-state index contributed by atoms with van der Waals surface area (Å²) in [6, 6.07) is 10.7. The molecule has 128 valence electrons. The van der Waals surface area contributed by atoms with Crippen LogP contribution in [0.3, 0.4) is 0 Å². The van der Waals surface area contributed by atoms with Gasteiger partial charge in [0.15, 0.2) is 5.75 Å². The first-order valence-corrected chi connectivity index (χ1v) is 9.02. The Bertz CT molecular complexity index is 963. The van der Waals surface area contributed by atoms with Gasteiger partial charge in [-0.05, 0) is 35.9 Å². The molecular weight excluding hydrogens is 427 g/mol. The van der Waals surface area contributed by atoms with Gasteiger partial charge in [0.25, 0.3) is 5.91 Å². The summed E-state index contributed by atoms with van der Waals surface area (Å²) in [5, 5.41) is 4.07. The number of fused-ring (bicyclic) bond motifs is 1. The van der Waals surface area contributed by atoms with Crippen LogP contribution in [0.2, 0.25) is 5.02 Å². The lowest BCUT2D eigenvalue weighted by molar-refractivity contribution is 0.102. The minimum Gasteiger partial charge on any atom is -0.492 e. The molecule has 0 saturated carbocycles. The standard InChI is InChI=1S/C18H13BrCl2N2O2/c1-25-17-15(5-2-11-6-10(8-20)9-22-16(11)17)23-18(24)13-4-3-12(19)7-14(13)21/h2-7,9H,8H2,1H3,(H,23,24). The van der Waals surface area contributed by atoms with Crippen molar-refractivity contribution in [3.63, 3.8) is 0 Å². The number of alkyl halides is 1. The Hall–Kier alpha value is -1.82. The molecule has 7 heteroatoms. The van der Waals surface area contributed by atoms with Crippen molar-refractivity contribution in [2.24, 2.45) is 0 Å². The lowest BCUT2D eigenvalue weighted by atomic mass is 10.1. The minimum absolute atomic E-state index is 0.326. The van der Waals surface area contributed by atoms with Gasteiger partial charge in [-0.15, -0.1) is 11.6 Å². The molecule has 0 aliphatic rings. The van der Waals surface area contributed by atoms with E-state index in [-0.39, 0.29) is 5.91 Å². The molecule has 1 amide bonds. The fourth-order valence-corrected chi connectivity index (χ4v) is 3.37. The van der Waals surface area contributed by atoms with Crippen LogP contribution in [0.5, 0.6) is 5.75 Å². The predicted octanol–water partition coefficient (Wildman–Crippen LogP) is 5.65. The second kappa shape index (κ2) is 7.60. The molecule has 3 rings (SSSR count). The molecular formula is C18H13BrCl2N2O2. The summed E-state index contributed by atoms with van der Waals surface area (Å²) in [6.07, 6.45) is 1.69. The van der Waals surface area contributed by atoms with Gasteiger partial charge in [0.1, 0.15) is 5.52 Å². The molecule has 1 aromatic heterocycles. The first-order chi connectivity index (χ1) is 12.0. The summed E-state index contributed by atoms with van der Waals surface area (Å²) in [6.45, 7) is 0. The van der Waals surface area contributed by atoms with Crippen LogP contribution in [0.1, 0.15) is 15.9 Å². The van der Waals surface area contributed by atoms with Gasteiger partial charge >= 0.3 is 0 Å². The first-order valence-electron chi connectivity index (χ1n) is 7.31. The van der Waals surface area contributed by atoms with Crippen LogP contribution in [0.25, 0.3) is 10.9 Å². The van der Waals surface area contributed by atoms with E-state index >= 15 is 0 Å². The van der Waals surface area contributed by atoms with Gasteiger partial charge in [-0.3, -0.25) is 9.78 Å². The number of carbonyl (C=O) groups is 1. The molecule has 0 spiro atoms. The third-order valence-electron chi connectivity index (χ3n) is 3.65. The van der Waals surface area contributed by atoms with E-state index in [1.165, 1.54) is 7.11 Å². The maximum atomic E-state index is 12.5. The summed E-state index contributed by atoms with van der Waals surface area (Å²) in [4.78, 5) is 16.9. The van der Waals surface area contributed by atoms with Crippen molar-refractivity contribution in [1.82, 2.24) is 4.98 Å². The van der Waals surface area contributed by atoms with Gasteiger partial charge in [-0.2, -0.15) is 0 Å². The van der Waals surface area contributed by atoms with E-state index in [0.717, 1.165) is 15.4 Å². The third kappa shape index (κ3) is 3.73. The second-order valence-corrected chi connectivity index (χ2v) is 6.86. The minimum atomic E-state index is -0.326. The number of hydrogen-bond acceptors (Lipinski definition) is 3. The van der Waals surface area contributed by atoms with Gasteiger partial charge in [-0.1, -0.05) is 33.6 Å². The van der Waals surface area contributed by atoms with E-state index in [1.807, 2.05) is 12.1 Å². The summed E-state index contributed by atoms with van der Waals surface area (Å²) in [5.41, 5.74) is 2.45. The second-order valence-electron chi connectivity index (χ2n) is 5.27. The summed E-state index contributed by atoms with van der Waals surface area (Å²) in [5.74, 6) is 0.541. The summed E-state index contributed by atoms with van der Waals surface area (Å²) < 4.78 is 6.27. The number of anilines is 1. The van der Waals surface area contributed by atoms with Crippen molar-refractivity contribution in [3.8, 4) is 5.75 Å². The molecule has 2 aromatic carbocycles.